The van der Waals surface area contributed by atoms with Gasteiger partial charge in [0.25, 0.3) is 0 Å². The van der Waals surface area contributed by atoms with Crippen LogP contribution in [0.3, 0.4) is 0 Å². The van der Waals surface area contributed by atoms with Crippen molar-refractivity contribution in [2.45, 2.75) is 25.3 Å². The Balaban J connectivity index is 1.82. The van der Waals surface area contributed by atoms with Crippen LogP contribution in [0.15, 0.2) is 30.6 Å². The second-order valence-corrected chi connectivity index (χ2v) is 4.93. The van der Waals surface area contributed by atoms with Crippen molar-refractivity contribution in [2.24, 2.45) is 0 Å². The molecule has 1 saturated heterocycles. The lowest BCUT2D eigenvalue weighted by atomic mass is 9.97. The molecule has 1 aliphatic heterocycles. The lowest BCUT2D eigenvalue weighted by Gasteiger charge is -2.22. The van der Waals surface area contributed by atoms with Crippen LogP contribution in [0.25, 0.3) is 0 Å². The smallest absolute Gasteiger partial charge is 0.136 e. The minimum atomic E-state index is -0.174. The summed E-state index contributed by atoms with van der Waals surface area (Å²) in [6.07, 6.45) is 3.83. The van der Waals surface area contributed by atoms with Gasteiger partial charge in [-0.15, -0.1) is 10.2 Å². The molecule has 0 radical (unpaired) electrons. The van der Waals surface area contributed by atoms with Crippen LogP contribution in [-0.2, 0) is 6.54 Å². The second kappa shape index (κ2) is 5.48. The predicted molar refractivity (Wildman–Crippen MR) is 70.4 cm³/mol. The molecule has 1 aromatic heterocycles. The molecule has 0 atom stereocenters. The molecule has 0 aliphatic carbocycles. The molecule has 19 heavy (non-hydrogen) atoms. The van der Waals surface area contributed by atoms with Gasteiger partial charge in [0.2, 0.25) is 0 Å². The molecular formula is C14H17FN4. The maximum Gasteiger partial charge on any atom is 0.136 e. The Labute approximate surface area is 111 Å². The fourth-order valence-electron chi connectivity index (χ4n) is 2.59. The zero-order valence-corrected chi connectivity index (χ0v) is 10.7. The Hall–Kier alpha value is -1.75. The van der Waals surface area contributed by atoms with Gasteiger partial charge in [-0.3, -0.25) is 0 Å². The highest BCUT2D eigenvalue weighted by atomic mass is 19.1. The van der Waals surface area contributed by atoms with Crippen LogP contribution in [0.5, 0.6) is 0 Å². The normalized spacial score (nSPS) is 16.7. The molecule has 1 fully saturated rings. The van der Waals surface area contributed by atoms with Gasteiger partial charge in [0.05, 0.1) is 6.54 Å². The SMILES string of the molecule is Fc1ccccc1Cn1cnnc1C1CCNCC1. The van der Waals surface area contributed by atoms with E-state index in [1.807, 2.05) is 16.7 Å². The van der Waals surface area contributed by atoms with E-state index in [2.05, 4.69) is 15.5 Å². The number of halogens is 1. The van der Waals surface area contributed by atoms with Crippen molar-refractivity contribution >= 4 is 0 Å². The average Bonchev–Trinajstić information content (AvgIpc) is 2.91. The first-order valence-corrected chi connectivity index (χ1v) is 6.66. The molecule has 1 N–H and O–H groups in total. The predicted octanol–water partition coefficient (Wildman–Crippen LogP) is 1.93. The summed E-state index contributed by atoms with van der Waals surface area (Å²) in [6, 6.07) is 6.86. The Morgan fingerprint density at radius 3 is 2.84 bits per heavy atom. The van der Waals surface area contributed by atoms with Crippen molar-refractivity contribution in [3.05, 3.63) is 47.8 Å². The fourth-order valence-corrected chi connectivity index (χ4v) is 2.59. The average molecular weight is 260 g/mol. The highest BCUT2D eigenvalue weighted by Gasteiger charge is 2.20. The third-order valence-electron chi connectivity index (χ3n) is 3.65. The number of hydrogen-bond acceptors (Lipinski definition) is 3. The summed E-state index contributed by atoms with van der Waals surface area (Å²) in [6.45, 7) is 2.52. The van der Waals surface area contributed by atoms with Crippen molar-refractivity contribution in [1.82, 2.24) is 20.1 Å². The molecule has 0 bridgehead atoms. The van der Waals surface area contributed by atoms with Gasteiger partial charge >= 0.3 is 0 Å². The van der Waals surface area contributed by atoms with Crippen LogP contribution >= 0.6 is 0 Å². The first kappa shape index (κ1) is 12.3. The van der Waals surface area contributed by atoms with Crippen molar-refractivity contribution in [2.75, 3.05) is 13.1 Å². The van der Waals surface area contributed by atoms with Gasteiger partial charge < -0.3 is 9.88 Å². The van der Waals surface area contributed by atoms with E-state index in [4.69, 9.17) is 0 Å². The Morgan fingerprint density at radius 2 is 2.05 bits per heavy atom. The maximum absolute atomic E-state index is 13.7. The molecule has 1 aromatic carbocycles. The van der Waals surface area contributed by atoms with Gasteiger partial charge in [0.1, 0.15) is 18.0 Å². The minimum Gasteiger partial charge on any atom is -0.317 e. The van der Waals surface area contributed by atoms with Crippen LogP contribution in [-0.4, -0.2) is 27.9 Å². The Kier molecular flexibility index (Phi) is 3.55. The molecule has 5 heteroatoms. The number of nitrogens with zero attached hydrogens (tertiary/aromatic N) is 3. The lowest BCUT2D eigenvalue weighted by Crippen LogP contribution is -2.28. The topological polar surface area (TPSA) is 42.7 Å². The summed E-state index contributed by atoms with van der Waals surface area (Å²) in [7, 11) is 0. The fraction of sp³-hybridized carbons (Fsp3) is 0.429. The lowest BCUT2D eigenvalue weighted by molar-refractivity contribution is 0.432. The third kappa shape index (κ3) is 2.66. The first-order valence-electron chi connectivity index (χ1n) is 6.66. The standard InChI is InChI=1S/C14H17FN4/c15-13-4-2-1-3-12(13)9-19-10-17-18-14(19)11-5-7-16-8-6-11/h1-4,10-11,16H,5-9H2. The molecule has 3 rings (SSSR count). The van der Waals surface area contributed by atoms with E-state index in [1.54, 1.807) is 12.4 Å². The largest absolute Gasteiger partial charge is 0.317 e. The number of hydrogen-bond donors (Lipinski definition) is 1. The maximum atomic E-state index is 13.7. The first-order chi connectivity index (χ1) is 9.34. The molecule has 1 aliphatic rings. The molecule has 100 valence electrons. The summed E-state index contributed by atoms with van der Waals surface area (Å²) in [5.74, 6) is 1.23. The zero-order valence-electron chi connectivity index (χ0n) is 10.7. The van der Waals surface area contributed by atoms with Crippen molar-refractivity contribution < 1.29 is 4.39 Å². The van der Waals surface area contributed by atoms with E-state index in [9.17, 15) is 4.39 Å². The van der Waals surface area contributed by atoms with E-state index < -0.39 is 0 Å². The quantitative estimate of drug-likeness (QED) is 0.917. The van der Waals surface area contributed by atoms with Gasteiger partial charge in [0.15, 0.2) is 0 Å². The number of benzene rings is 1. The number of aromatic nitrogens is 3. The monoisotopic (exact) mass is 260 g/mol. The molecule has 0 unspecified atom stereocenters. The van der Waals surface area contributed by atoms with E-state index in [0.717, 1.165) is 31.8 Å². The van der Waals surface area contributed by atoms with E-state index >= 15 is 0 Å². The van der Waals surface area contributed by atoms with Crippen molar-refractivity contribution in [3.8, 4) is 0 Å². The summed E-state index contributed by atoms with van der Waals surface area (Å²) >= 11 is 0. The van der Waals surface area contributed by atoms with Gasteiger partial charge in [-0.05, 0) is 32.0 Å². The summed E-state index contributed by atoms with van der Waals surface area (Å²) in [5.41, 5.74) is 0.678. The van der Waals surface area contributed by atoms with Crippen LogP contribution in [0.2, 0.25) is 0 Å². The molecule has 0 saturated carbocycles. The molecule has 4 nitrogen and oxygen atoms in total. The minimum absolute atomic E-state index is 0.174. The number of rotatable bonds is 3. The summed E-state index contributed by atoms with van der Waals surface area (Å²) < 4.78 is 15.7. The molecular weight excluding hydrogens is 243 g/mol. The number of piperidine rings is 1. The van der Waals surface area contributed by atoms with E-state index in [-0.39, 0.29) is 5.82 Å². The van der Waals surface area contributed by atoms with Gasteiger partial charge in [-0.25, -0.2) is 4.39 Å². The highest BCUT2D eigenvalue weighted by molar-refractivity contribution is 5.18. The molecule has 0 spiro atoms. The van der Waals surface area contributed by atoms with Gasteiger partial charge in [-0.1, -0.05) is 18.2 Å². The van der Waals surface area contributed by atoms with Gasteiger partial charge in [0, 0.05) is 11.5 Å². The molecule has 2 aromatic rings. The van der Waals surface area contributed by atoms with E-state index in [1.165, 1.54) is 6.07 Å². The van der Waals surface area contributed by atoms with E-state index in [0.29, 0.717) is 18.0 Å². The Morgan fingerprint density at radius 1 is 1.26 bits per heavy atom. The third-order valence-corrected chi connectivity index (χ3v) is 3.65. The highest BCUT2D eigenvalue weighted by Crippen LogP contribution is 2.23. The summed E-state index contributed by atoms with van der Waals surface area (Å²) in [4.78, 5) is 0. The van der Waals surface area contributed by atoms with Crippen LogP contribution < -0.4 is 5.32 Å². The van der Waals surface area contributed by atoms with Gasteiger partial charge in [-0.2, -0.15) is 0 Å². The Bertz CT molecular complexity index is 546. The zero-order chi connectivity index (χ0) is 13.1. The van der Waals surface area contributed by atoms with Crippen LogP contribution in [0.4, 0.5) is 4.39 Å². The van der Waals surface area contributed by atoms with Crippen LogP contribution in [0, 0.1) is 5.82 Å². The molecule has 2 heterocycles. The number of nitrogens with one attached hydrogen (secondary N) is 1. The second-order valence-electron chi connectivity index (χ2n) is 4.93. The summed E-state index contributed by atoms with van der Waals surface area (Å²) in [5, 5.41) is 11.6. The van der Waals surface area contributed by atoms with Crippen molar-refractivity contribution in [1.29, 1.82) is 0 Å². The van der Waals surface area contributed by atoms with Crippen molar-refractivity contribution in [3.63, 3.8) is 0 Å². The molecule has 0 amide bonds. The van der Waals surface area contributed by atoms with Crippen LogP contribution in [0.1, 0.15) is 30.1 Å².